The molecule has 6 heteroatoms. The van der Waals surface area contributed by atoms with Gasteiger partial charge in [-0.15, -0.1) is 0 Å². The lowest BCUT2D eigenvalue weighted by atomic mass is 10.1. The van der Waals surface area contributed by atoms with E-state index >= 15 is 0 Å². The third-order valence-corrected chi connectivity index (χ3v) is 2.71. The van der Waals surface area contributed by atoms with Gasteiger partial charge in [0.1, 0.15) is 6.04 Å². The first-order chi connectivity index (χ1) is 9.65. The van der Waals surface area contributed by atoms with E-state index in [9.17, 15) is 4.79 Å². The molecule has 0 aliphatic heterocycles. The van der Waals surface area contributed by atoms with Gasteiger partial charge in [-0.2, -0.15) is 10.2 Å². The number of carbonyl (C=O) groups is 1. The molecule has 2 aromatic rings. The van der Waals surface area contributed by atoms with E-state index in [0.717, 1.165) is 23.7 Å². The predicted octanol–water partition coefficient (Wildman–Crippen LogP) is 1.16. The summed E-state index contributed by atoms with van der Waals surface area (Å²) >= 11 is 0. The molecule has 0 fully saturated rings. The van der Waals surface area contributed by atoms with Gasteiger partial charge in [0.05, 0.1) is 11.7 Å². The fourth-order valence-corrected chi connectivity index (χ4v) is 1.56. The molecule has 0 bridgehead atoms. The molecule has 0 aliphatic carbocycles. The topological polar surface area (TPSA) is 115 Å². The Hall–Kier alpha value is -2.05. The summed E-state index contributed by atoms with van der Waals surface area (Å²) in [6.45, 7) is 0.604. The molecule has 1 atom stereocenters. The van der Waals surface area contributed by atoms with Gasteiger partial charge in [0.25, 0.3) is 0 Å². The first-order valence-corrected chi connectivity index (χ1v) is 6.50. The molecule has 0 saturated carbocycles. The Bertz CT molecular complexity index is 468. The summed E-state index contributed by atoms with van der Waals surface area (Å²) in [5.41, 5.74) is 11.4. The van der Waals surface area contributed by atoms with Crippen LogP contribution in [0.3, 0.4) is 0 Å². The van der Waals surface area contributed by atoms with E-state index in [4.69, 9.17) is 16.6 Å². The standard InChI is InChI=1S/C8H6N2.C6H14N2O2/c1-2-4-8-7(3-1)5-6-9-10-8;7-4-2-1-3-5(8)6(9)10/h1-6H;5H,1-4,7-8H2,(H,9,10)/t;5-/m.0/s1. The van der Waals surface area contributed by atoms with Crippen LogP contribution in [0.2, 0.25) is 0 Å². The zero-order chi connectivity index (χ0) is 14.8. The maximum atomic E-state index is 10.1. The normalized spacial score (nSPS) is 11.5. The Morgan fingerprint density at radius 2 is 2.00 bits per heavy atom. The summed E-state index contributed by atoms with van der Waals surface area (Å²) in [5.74, 6) is -0.933. The second-order valence-corrected chi connectivity index (χ2v) is 4.32. The molecule has 1 aromatic carbocycles. The van der Waals surface area contributed by atoms with Gasteiger partial charge >= 0.3 is 5.97 Å². The van der Waals surface area contributed by atoms with E-state index < -0.39 is 12.0 Å². The van der Waals surface area contributed by atoms with Crippen LogP contribution < -0.4 is 11.5 Å². The van der Waals surface area contributed by atoms with Crippen LogP contribution in [-0.4, -0.2) is 33.9 Å². The molecule has 6 nitrogen and oxygen atoms in total. The summed E-state index contributed by atoms with van der Waals surface area (Å²) in [7, 11) is 0. The molecule has 0 saturated heterocycles. The van der Waals surface area contributed by atoms with E-state index in [1.807, 2.05) is 30.3 Å². The van der Waals surface area contributed by atoms with Gasteiger partial charge in [0.2, 0.25) is 0 Å². The number of nitrogens with zero attached hydrogens (tertiary/aromatic N) is 2. The average Bonchev–Trinajstić information content (AvgIpc) is 2.48. The highest BCUT2D eigenvalue weighted by atomic mass is 16.4. The van der Waals surface area contributed by atoms with Gasteiger partial charge in [-0.05, 0) is 31.5 Å². The van der Waals surface area contributed by atoms with E-state index in [1.54, 1.807) is 6.20 Å². The molecular weight excluding hydrogens is 256 g/mol. The predicted molar refractivity (Wildman–Crippen MR) is 78.1 cm³/mol. The van der Waals surface area contributed by atoms with Crippen LogP contribution in [0.4, 0.5) is 0 Å². The monoisotopic (exact) mass is 276 g/mol. The summed E-state index contributed by atoms with van der Waals surface area (Å²) in [6.07, 6.45) is 3.86. The summed E-state index contributed by atoms with van der Waals surface area (Å²) in [5, 5.41) is 17.2. The van der Waals surface area contributed by atoms with Crippen molar-refractivity contribution < 1.29 is 9.90 Å². The van der Waals surface area contributed by atoms with Crippen molar-refractivity contribution in [2.24, 2.45) is 11.5 Å². The lowest BCUT2D eigenvalue weighted by Gasteiger charge is -2.03. The Balaban J connectivity index is 0.000000200. The number of nitrogens with two attached hydrogens (primary N) is 2. The zero-order valence-electron chi connectivity index (χ0n) is 11.3. The number of carboxylic acid groups (broad SMARTS) is 1. The summed E-state index contributed by atoms with van der Waals surface area (Å²) in [4.78, 5) is 10.1. The molecule has 20 heavy (non-hydrogen) atoms. The molecule has 1 heterocycles. The van der Waals surface area contributed by atoms with E-state index in [0.29, 0.717) is 13.0 Å². The zero-order valence-corrected chi connectivity index (χ0v) is 11.3. The number of benzene rings is 1. The molecule has 0 unspecified atom stereocenters. The van der Waals surface area contributed by atoms with E-state index in [1.165, 1.54) is 0 Å². The van der Waals surface area contributed by atoms with Crippen molar-refractivity contribution in [3.05, 3.63) is 36.5 Å². The minimum Gasteiger partial charge on any atom is -0.480 e. The molecule has 5 N–H and O–H groups in total. The SMILES string of the molecule is NCCCC[C@H](N)C(=O)O.c1ccc2nnccc2c1. The molecule has 0 radical (unpaired) electrons. The largest absolute Gasteiger partial charge is 0.480 e. The fourth-order valence-electron chi connectivity index (χ4n) is 1.56. The highest BCUT2D eigenvalue weighted by Crippen LogP contribution is 2.06. The summed E-state index contributed by atoms with van der Waals surface area (Å²) < 4.78 is 0. The highest BCUT2D eigenvalue weighted by Gasteiger charge is 2.09. The van der Waals surface area contributed by atoms with E-state index in [2.05, 4.69) is 10.2 Å². The molecule has 0 aliphatic rings. The smallest absolute Gasteiger partial charge is 0.320 e. The molecule has 2 rings (SSSR count). The second-order valence-electron chi connectivity index (χ2n) is 4.32. The van der Waals surface area contributed by atoms with E-state index in [-0.39, 0.29) is 0 Å². The van der Waals surface area contributed by atoms with Crippen LogP contribution in [0.1, 0.15) is 19.3 Å². The van der Waals surface area contributed by atoms with Crippen LogP contribution in [-0.2, 0) is 4.79 Å². The number of unbranched alkanes of at least 4 members (excludes halogenated alkanes) is 1. The molecule has 108 valence electrons. The number of aliphatic carboxylic acids is 1. The third kappa shape index (κ3) is 5.73. The number of aromatic nitrogens is 2. The molecule has 0 amide bonds. The average molecular weight is 276 g/mol. The molecule has 1 aromatic heterocycles. The molecular formula is C14H20N4O2. The van der Waals surface area contributed by atoms with Crippen molar-refractivity contribution >= 4 is 16.9 Å². The lowest BCUT2D eigenvalue weighted by Crippen LogP contribution is -2.29. The first-order valence-electron chi connectivity index (χ1n) is 6.50. The number of hydrogen-bond donors (Lipinski definition) is 3. The lowest BCUT2D eigenvalue weighted by molar-refractivity contribution is -0.138. The van der Waals surface area contributed by atoms with Gasteiger partial charge in [-0.1, -0.05) is 24.6 Å². The maximum absolute atomic E-state index is 10.1. The van der Waals surface area contributed by atoms with Crippen molar-refractivity contribution in [1.82, 2.24) is 10.2 Å². The second kappa shape index (κ2) is 8.95. The van der Waals surface area contributed by atoms with Crippen molar-refractivity contribution in [2.45, 2.75) is 25.3 Å². The minimum absolute atomic E-state index is 0.520. The van der Waals surface area contributed by atoms with Crippen LogP contribution in [0, 0.1) is 0 Å². The first kappa shape index (κ1) is 16.0. The maximum Gasteiger partial charge on any atom is 0.320 e. The number of fused-ring (bicyclic) bond motifs is 1. The van der Waals surface area contributed by atoms with Crippen molar-refractivity contribution in [2.75, 3.05) is 6.54 Å². The van der Waals surface area contributed by atoms with Gasteiger partial charge in [-0.3, -0.25) is 4.79 Å². The van der Waals surface area contributed by atoms with Crippen molar-refractivity contribution in [1.29, 1.82) is 0 Å². The minimum atomic E-state index is -0.933. The third-order valence-electron chi connectivity index (χ3n) is 2.71. The Labute approximate surface area is 117 Å². The van der Waals surface area contributed by atoms with Gasteiger partial charge in [0.15, 0.2) is 0 Å². The Morgan fingerprint density at radius 3 is 2.65 bits per heavy atom. The number of carboxylic acids is 1. The fraction of sp³-hybridized carbons (Fsp3) is 0.357. The van der Waals surface area contributed by atoms with Gasteiger partial charge in [-0.25, -0.2) is 0 Å². The van der Waals surface area contributed by atoms with Crippen LogP contribution in [0.25, 0.3) is 10.9 Å². The highest BCUT2D eigenvalue weighted by molar-refractivity contribution is 5.77. The Kier molecular flexibility index (Phi) is 7.16. The van der Waals surface area contributed by atoms with Gasteiger partial charge < -0.3 is 16.6 Å². The number of hydrogen-bond acceptors (Lipinski definition) is 5. The molecule has 0 spiro atoms. The quantitative estimate of drug-likeness (QED) is 0.706. The van der Waals surface area contributed by atoms with Crippen LogP contribution in [0.15, 0.2) is 36.5 Å². The summed E-state index contributed by atoms with van der Waals surface area (Å²) in [6, 6.07) is 9.14. The number of rotatable bonds is 5. The van der Waals surface area contributed by atoms with Crippen LogP contribution in [0.5, 0.6) is 0 Å². The van der Waals surface area contributed by atoms with Gasteiger partial charge in [0, 0.05) is 5.39 Å². The van der Waals surface area contributed by atoms with Crippen molar-refractivity contribution in [3.63, 3.8) is 0 Å². The van der Waals surface area contributed by atoms with Crippen LogP contribution >= 0.6 is 0 Å². The Morgan fingerprint density at radius 1 is 1.25 bits per heavy atom. The van der Waals surface area contributed by atoms with Crippen molar-refractivity contribution in [3.8, 4) is 0 Å².